The van der Waals surface area contributed by atoms with E-state index < -0.39 is 0 Å². The van der Waals surface area contributed by atoms with E-state index in [0.29, 0.717) is 10.9 Å². The Bertz CT molecular complexity index is 572. The monoisotopic (exact) mass is 322 g/mol. The summed E-state index contributed by atoms with van der Waals surface area (Å²) in [7, 11) is 0. The standard InChI is InChI=1S/C15H16BrFN2/c1-10-5-2-3-7-12(10)14(19-18)9-11-6-4-8-13(17)15(11)16/h2-8,14,19H,9,18H2,1H3. The molecule has 0 aromatic heterocycles. The van der Waals surface area contributed by atoms with Crippen molar-refractivity contribution in [1.29, 1.82) is 0 Å². The quantitative estimate of drug-likeness (QED) is 0.666. The van der Waals surface area contributed by atoms with Gasteiger partial charge < -0.3 is 0 Å². The molecule has 0 aliphatic carbocycles. The number of benzene rings is 2. The lowest BCUT2D eigenvalue weighted by Crippen LogP contribution is -2.30. The van der Waals surface area contributed by atoms with Crippen molar-refractivity contribution in [3.05, 3.63) is 69.4 Å². The average molecular weight is 323 g/mol. The molecule has 0 heterocycles. The lowest BCUT2D eigenvalue weighted by atomic mass is 9.96. The third kappa shape index (κ3) is 3.21. The highest BCUT2D eigenvalue weighted by Crippen LogP contribution is 2.26. The van der Waals surface area contributed by atoms with E-state index in [9.17, 15) is 4.39 Å². The maximum atomic E-state index is 13.5. The molecule has 2 aromatic rings. The lowest BCUT2D eigenvalue weighted by Gasteiger charge is -2.19. The van der Waals surface area contributed by atoms with Gasteiger partial charge in [-0.1, -0.05) is 36.4 Å². The summed E-state index contributed by atoms with van der Waals surface area (Å²) in [5.41, 5.74) is 6.00. The summed E-state index contributed by atoms with van der Waals surface area (Å²) in [6.07, 6.45) is 0.625. The van der Waals surface area contributed by atoms with E-state index in [1.165, 1.54) is 6.07 Å². The Hall–Kier alpha value is -1.23. The summed E-state index contributed by atoms with van der Waals surface area (Å²) in [5.74, 6) is 5.40. The maximum Gasteiger partial charge on any atom is 0.137 e. The molecule has 0 spiro atoms. The van der Waals surface area contributed by atoms with Crippen molar-refractivity contribution < 1.29 is 4.39 Å². The zero-order valence-electron chi connectivity index (χ0n) is 10.7. The Morgan fingerprint density at radius 2 is 1.95 bits per heavy atom. The van der Waals surface area contributed by atoms with Crippen LogP contribution in [0.15, 0.2) is 46.9 Å². The molecule has 2 nitrogen and oxygen atoms in total. The smallest absolute Gasteiger partial charge is 0.137 e. The first-order valence-corrected chi connectivity index (χ1v) is 6.87. The lowest BCUT2D eigenvalue weighted by molar-refractivity contribution is 0.544. The molecule has 2 rings (SSSR count). The molecule has 100 valence electrons. The highest BCUT2D eigenvalue weighted by Gasteiger charge is 2.15. The van der Waals surface area contributed by atoms with Gasteiger partial charge in [-0.3, -0.25) is 11.3 Å². The van der Waals surface area contributed by atoms with Crippen LogP contribution < -0.4 is 11.3 Å². The average Bonchev–Trinajstić information content (AvgIpc) is 2.41. The fourth-order valence-electron chi connectivity index (χ4n) is 2.16. The van der Waals surface area contributed by atoms with E-state index in [2.05, 4.69) is 21.4 Å². The first-order valence-electron chi connectivity index (χ1n) is 6.08. The SMILES string of the molecule is Cc1ccccc1C(Cc1cccc(F)c1Br)NN. The minimum absolute atomic E-state index is 0.0423. The second-order valence-corrected chi connectivity index (χ2v) is 5.29. The molecule has 0 amide bonds. The highest BCUT2D eigenvalue weighted by atomic mass is 79.9. The predicted molar refractivity (Wildman–Crippen MR) is 79.0 cm³/mol. The van der Waals surface area contributed by atoms with Crippen LogP contribution in [0.4, 0.5) is 4.39 Å². The van der Waals surface area contributed by atoms with Crippen molar-refractivity contribution in [2.24, 2.45) is 5.84 Å². The Kier molecular flexibility index (Phi) is 4.69. The molecule has 0 aliphatic heterocycles. The molecule has 0 saturated carbocycles. The van der Waals surface area contributed by atoms with E-state index in [0.717, 1.165) is 16.7 Å². The maximum absolute atomic E-state index is 13.5. The van der Waals surface area contributed by atoms with Crippen LogP contribution in [-0.2, 0) is 6.42 Å². The minimum Gasteiger partial charge on any atom is -0.271 e. The highest BCUT2D eigenvalue weighted by molar-refractivity contribution is 9.10. The number of rotatable bonds is 4. The summed E-state index contributed by atoms with van der Waals surface area (Å²) in [6.45, 7) is 2.04. The fourth-order valence-corrected chi connectivity index (χ4v) is 2.59. The molecule has 1 atom stereocenters. The van der Waals surface area contributed by atoms with Crippen LogP contribution in [0.25, 0.3) is 0 Å². The number of nitrogens with one attached hydrogen (secondary N) is 1. The van der Waals surface area contributed by atoms with Crippen LogP contribution in [0.1, 0.15) is 22.7 Å². The van der Waals surface area contributed by atoms with Gasteiger partial charge in [-0.25, -0.2) is 4.39 Å². The van der Waals surface area contributed by atoms with Gasteiger partial charge in [-0.05, 0) is 52.0 Å². The molecule has 0 saturated heterocycles. The number of hydrogen-bond acceptors (Lipinski definition) is 2. The van der Waals surface area contributed by atoms with Crippen LogP contribution in [0.2, 0.25) is 0 Å². The minimum atomic E-state index is -0.252. The molecule has 0 fully saturated rings. The fraction of sp³-hybridized carbons (Fsp3) is 0.200. The van der Waals surface area contributed by atoms with E-state index in [4.69, 9.17) is 5.84 Å². The van der Waals surface area contributed by atoms with E-state index >= 15 is 0 Å². The van der Waals surface area contributed by atoms with Crippen molar-refractivity contribution >= 4 is 15.9 Å². The Balaban J connectivity index is 2.30. The second kappa shape index (κ2) is 6.28. The van der Waals surface area contributed by atoms with Crippen LogP contribution in [-0.4, -0.2) is 0 Å². The van der Waals surface area contributed by atoms with Gasteiger partial charge in [-0.15, -0.1) is 0 Å². The summed E-state index contributed by atoms with van der Waals surface area (Å²) in [5, 5.41) is 0. The molecule has 0 bridgehead atoms. The van der Waals surface area contributed by atoms with Crippen LogP contribution in [0, 0.1) is 12.7 Å². The molecular weight excluding hydrogens is 307 g/mol. The largest absolute Gasteiger partial charge is 0.271 e. The van der Waals surface area contributed by atoms with Gasteiger partial charge in [0, 0.05) is 0 Å². The predicted octanol–water partition coefficient (Wildman–Crippen LogP) is 3.64. The Morgan fingerprint density at radius 3 is 2.63 bits per heavy atom. The molecule has 0 radical (unpaired) electrons. The van der Waals surface area contributed by atoms with Crippen LogP contribution >= 0.6 is 15.9 Å². The molecular formula is C15H16BrFN2. The zero-order valence-corrected chi connectivity index (χ0v) is 12.2. The number of halogens is 2. The van der Waals surface area contributed by atoms with Crippen LogP contribution in [0.3, 0.4) is 0 Å². The van der Waals surface area contributed by atoms with Crippen molar-refractivity contribution in [2.45, 2.75) is 19.4 Å². The van der Waals surface area contributed by atoms with Gasteiger partial charge in [0.1, 0.15) is 5.82 Å². The molecule has 0 aliphatic rings. The van der Waals surface area contributed by atoms with Gasteiger partial charge in [-0.2, -0.15) is 0 Å². The first kappa shape index (κ1) is 14.2. The van der Waals surface area contributed by atoms with Crippen molar-refractivity contribution in [3.8, 4) is 0 Å². The second-order valence-electron chi connectivity index (χ2n) is 4.49. The summed E-state index contributed by atoms with van der Waals surface area (Å²) >= 11 is 3.29. The first-order chi connectivity index (χ1) is 9.13. The third-order valence-electron chi connectivity index (χ3n) is 3.22. The van der Waals surface area contributed by atoms with Gasteiger partial charge in [0.05, 0.1) is 10.5 Å². The number of hydrazine groups is 1. The Labute approximate surface area is 120 Å². The van der Waals surface area contributed by atoms with E-state index in [-0.39, 0.29) is 11.9 Å². The normalized spacial score (nSPS) is 12.4. The zero-order chi connectivity index (χ0) is 13.8. The summed E-state index contributed by atoms with van der Waals surface area (Å²) < 4.78 is 14.0. The number of aryl methyl sites for hydroxylation is 1. The summed E-state index contributed by atoms with van der Waals surface area (Å²) in [4.78, 5) is 0. The van der Waals surface area contributed by atoms with Crippen LogP contribution in [0.5, 0.6) is 0 Å². The van der Waals surface area contributed by atoms with Gasteiger partial charge in [0.15, 0.2) is 0 Å². The molecule has 3 N–H and O–H groups in total. The summed E-state index contributed by atoms with van der Waals surface area (Å²) in [6, 6.07) is 13.0. The van der Waals surface area contributed by atoms with Crippen molar-refractivity contribution in [2.75, 3.05) is 0 Å². The number of nitrogens with two attached hydrogens (primary N) is 1. The van der Waals surface area contributed by atoms with E-state index in [1.54, 1.807) is 6.07 Å². The molecule has 4 heteroatoms. The molecule has 2 aromatic carbocycles. The third-order valence-corrected chi connectivity index (χ3v) is 4.11. The topological polar surface area (TPSA) is 38.0 Å². The van der Waals surface area contributed by atoms with Gasteiger partial charge in [0.2, 0.25) is 0 Å². The van der Waals surface area contributed by atoms with Gasteiger partial charge >= 0.3 is 0 Å². The Morgan fingerprint density at radius 1 is 1.21 bits per heavy atom. The van der Waals surface area contributed by atoms with E-state index in [1.807, 2.05) is 37.3 Å². The number of hydrogen-bond donors (Lipinski definition) is 2. The van der Waals surface area contributed by atoms with Gasteiger partial charge in [0.25, 0.3) is 0 Å². The van der Waals surface area contributed by atoms with Crippen molar-refractivity contribution in [3.63, 3.8) is 0 Å². The van der Waals surface area contributed by atoms with Crippen molar-refractivity contribution in [1.82, 2.24) is 5.43 Å². The molecule has 19 heavy (non-hydrogen) atoms. The molecule has 1 unspecified atom stereocenters.